The van der Waals surface area contributed by atoms with E-state index in [4.69, 9.17) is 13.9 Å². The number of fused-ring (bicyclic) bond motifs is 4. The van der Waals surface area contributed by atoms with Gasteiger partial charge in [-0.15, -0.1) is 0 Å². The van der Waals surface area contributed by atoms with E-state index in [2.05, 4.69) is 27.5 Å². The molecule has 3 N–H and O–H groups in total. The number of hydrogen-bond acceptors (Lipinski definition) is 10. The van der Waals surface area contributed by atoms with Crippen molar-refractivity contribution in [1.29, 1.82) is 0 Å². The lowest BCUT2D eigenvalue weighted by atomic mass is 9.99. The van der Waals surface area contributed by atoms with Gasteiger partial charge in [-0.2, -0.15) is 0 Å². The quantitative estimate of drug-likeness (QED) is 0.258. The molecule has 0 aliphatic carbocycles. The van der Waals surface area contributed by atoms with Crippen LogP contribution in [-0.2, 0) is 30.4 Å². The number of ether oxygens (including phenoxy) is 2. The number of aliphatic imine (C=N–C) groups is 1. The largest absolute Gasteiger partial charge is 0.473 e. The minimum atomic E-state index is -1.39. The Labute approximate surface area is 246 Å². The smallest absolute Gasteiger partial charge is 0.251 e. The summed E-state index contributed by atoms with van der Waals surface area (Å²) >= 11 is 1.31. The molecule has 0 aromatic carbocycles. The molecule has 41 heavy (non-hydrogen) atoms. The lowest BCUT2D eigenvalue weighted by Gasteiger charge is -2.31. The molecule has 4 bridgehead atoms. The van der Waals surface area contributed by atoms with Gasteiger partial charge >= 0.3 is 0 Å². The van der Waals surface area contributed by atoms with Crippen LogP contribution < -0.4 is 10.6 Å². The molecule has 1 aromatic rings. The second-order valence-corrected chi connectivity index (χ2v) is 12.1. The summed E-state index contributed by atoms with van der Waals surface area (Å²) in [5, 5.41) is 16.8. The van der Waals surface area contributed by atoms with Gasteiger partial charge in [-0.25, -0.2) is 9.98 Å². The number of rotatable bonds is 11. The van der Waals surface area contributed by atoms with Crippen LogP contribution in [0, 0.1) is 5.92 Å². The molecule has 0 saturated heterocycles. The summed E-state index contributed by atoms with van der Waals surface area (Å²) in [7, 11) is 0. The first kappa shape index (κ1) is 32.8. The molecule has 11 nitrogen and oxygen atoms in total. The number of aliphatic hydroxyl groups excluding tert-OH is 1. The summed E-state index contributed by atoms with van der Waals surface area (Å²) in [5.41, 5.74) is -0.897. The van der Waals surface area contributed by atoms with Gasteiger partial charge in [-0.05, 0) is 25.7 Å². The van der Waals surface area contributed by atoms with Crippen molar-refractivity contribution in [1.82, 2.24) is 15.6 Å². The SMILES string of the molecule is CCCCCCCC(=O)SCC/C=C/[C@@H]1CC(=O)NCc2nc(co2)C2=N[C@@](C)(CO2)C(=O)NC(C(C)C)C(O)O1. The maximum atomic E-state index is 13.2. The summed E-state index contributed by atoms with van der Waals surface area (Å²) in [5.74, 6) is 0.0884. The third-order valence-electron chi connectivity index (χ3n) is 6.94. The summed E-state index contributed by atoms with van der Waals surface area (Å²) in [6.45, 7) is 7.55. The zero-order valence-electron chi connectivity index (χ0n) is 24.5. The lowest BCUT2D eigenvalue weighted by Crippen LogP contribution is -2.55. The number of oxazole rings is 1. The van der Waals surface area contributed by atoms with E-state index in [-0.39, 0.29) is 48.3 Å². The molecule has 0 radical (unpaired) electrons. The number of thioether (sulfide) groups is 1. The van der Waals surface area contributed by atoms with Gasteiger partial charge < -0.3 is 29.6 Å². The third-order valence-corrected chi connectivity index (χ3v) is 7.91. The number of hydrogen-bond donors (Lipinski definition) is 3. The van der Waals surface area contributed by atoms with Gasteiger partial charge in [0.05, 0.1) is 25.1 Å². The number of unbranched alkanes of at least 4 members (excludes halogenated alkanes) is 4. The van der Waals surface area contributed by atoms with E-state index >= 15 is 0 Å². The second-order valence-electron chi connectivity index (χ2n) is 11.0. The molecule has 3 rings (SSSR count). The fraction of sp³-hybridized carbons (Fsp3) is 0.690. The Hall–Kier alpha value is -2.70. The molecule has 2 aliphatic heterocycles. The van der Waals surface area contributed by atoms with Gasteiger partial charge in [-0.1, -0.05) is 70.4 Å². The van der Waals surface area contributed by atoms with Crippen LogP contribution in [0.1, 0.15) is 90.6 Å². The Kier molecular flexibility index (Phi) is 12.9. The maximum Gasteiger partial charge on any atom is 0.251 e. The highest BCUT2D eigenvalue weighted by Crippen LogP contribution is 2.24. The van der Waals surface area contributed by atoms with Crippen molar-refractivity contribution in [2.24, 2.45) is 10.9 Å². The average Bonchev–Trinajstić information content (AvgIpc) is 3.56. The van der Waals surface area contributed by atoms with Gasteiger partial charge in [0.2, 0.25) is 17.7 Å². The molecule has 0 fully saturated rings. The van der Waals surface area contributed by atoms with Gasteiger partial charge in [-0.3, -0.25) is 14.4 Å². The number of allylic oxidation sites excluding steroid dienone is 1. The number of amides is 2. The molecule has 4 atom stereocenters. The van der Waals surface area contributed by atoms with Crippen molar-refractivity contribution in [3.05, 3.63) is 30.0 Å². The number of nitrogens with one attached hydrogen (secondary N) is 2. The van der Waals surface area contributed by atoms with Crippen LogP contribution in [0.15, 0.2) is 27.8 Å². The van der Waals surface area contributed by atoms with E-state index in [1.807, 2.05) is 19.9 Å². The van der Waals surface area contributed by atoms with Crippen LogP contribution in [0.4, 0.5) is 0 Å². The van der Waals surface area contributed by atoms with Crippen LogP contribution >= 0.6 is 11.8 Å². The van der Waals surface area contributed by atoms with E-state index in [0.717, 1.165) is 12.8 Å². The highest BCUT2D eigenvalue weighted by molar-refractivity contribution is 8.13. The van der Waals surface area contributed by atoms with Gasteiger partial charge in [0, 0.05) is 12.2 Å². The monoisotopic (exact) mass is 592 g/mol. The summed E-state index contributed by atoms with van der Waals surface area (Å²) in [4.78, 5) is 46.9. The lowest BCUT2D eigenvalue weighted by molar-refractivity contribution is -0.159. The molecular formula is C29H44N4O7S. The first-order valence-corrected chi connectivity index (χ1v) is 15.5. The Balaban J connectivity index is 1.65. The minimum absolute atomic E-state index is 0.000399. The predicted molar refractivity (Wildman–Crippen MR) is 156 cm³/mol. The first-order valence-electron chi connectivity index (χ1n) is 14.5. The topological polar surface area (TPSA) is 152 Å². The molecule has 228 valence electrons. The van der Waals surface area contributed by atoms with Crippen LogP contribution in [-0.4, -0.2) is 69.3 Å². The van der Waals surface area contributed by atoms with Gasteiger partial charge in [0.25, 0.3) is 5.91 Å². The summed E-state index contributed by atoms with van der Waals surface area (Å²) in [6, 6.07) is -0.769. The van der Waals surface area contributed by atoms with Crippen LogP contribution in [0.2, 0.25) is 0 Å². The molecule has 0 spiro atoms. The van der Waals surface area contributed by atoms with Crippen molar-refractivity contribution < 1.29 is 33.4 Å². The van der Waals surface area contributed by atoms with Crippen LogP contribution in [0.5, 0.6) is 0 Å². The fourth-order valence-electron chi connectivity index (χ4n) is 4.40. The van der Waals surface area contributed by atoms with Crippen molar-refractivity contribution in [3.8, 4) is 0 Å². The molecule has 2 amide bonds. The first-order chi connectivity index (χ1) is 19.6. The molecule has 12 heteroatoms. The zero-order chi connectivity index (χ0) is 29.8. The Morgan fingerprint density at radius 1 is 1.27 bits per heavy atom. The molecule has 3 heterocycles. The second kappa shape index (κ2) is 16.1. The Bertz CT molecular complexity index is 1090. The van der Waals surface area contributed by atoms with Crippen LogP contribution in [0.3, 0.4) is 0 Å². The number of aromatic nitrogens is 1. The predicted octanol–water partition coefficient (Wildman–Crippen LogP) is 3.64. The molecular weight excluding hydrogens is 548 g/mol. The number of nitrogens with zero attached hydrogens (tertiary/aromatic N) is 2. The van der Waals surface area contributed by atoms with Crippen molar-refractivity contribution >= 4 is 34.6 Å². The summed E-state index contributed by atoms with van der Waals surface area (Å²) in [6.07, 6.45) is 9.44. The summed E-state index contributed by atoms with van der Waals surface area (Å²) < 4.78 is 17.0. The molecule has 2 aliphatic rings. The van der Waals surface area contributed by atoms with Crippen molar-refractivity contribution in [2.45, 2.75) is 110 Å². The fourth-order valence-corrected chi connectivity index (χ4v) is 5.17. The molecule has 0 saturated carbocycles. The highest BCUT2D eigenvalue weighted by Gasteiger charge is 2.42. The Morgan fingerprint density at radius 2 is 2.05 bits per heavy atom. The van der Waals surface area contributed by atoms with Crippen molar-refractivity contribution in [2.75, 3.05) is 12.4 Å². The normalized spacial score (nSPS) is 25.6. The van der Waals surface area contributed by atoms with Crippen molar-refractivity contribution in [3.63, 3.8) is 0 Å². The molecule has 2 unspecified atom stereocenters. The average molecular weight is 593 g/mol. The number of carbonyl (C=O) groups excluding carboxylic acids is 3. The van der Waals surface area contributed by atoms with E-state index < -0.39 is 29.9 Å². The van der Waals surface area contributed by atoms with E-state index in [9.17, 15) is 19.5 Å². The van der Waals surface area contributed by atoms with E-state index in [1.54, 1.807) is 13.0 Å². The number of carbonyl (C=O) groups is 3. The number of aliphatic hydroxyl groups is 1. The van der Waals surface area contributed by atoms with Gasteiger partial charge in [0.15, 0.2) is 22.6 Å². The Morgan fingerprint density at radius 3 is 2.80 bits per heavy atom. The highest BCUT2D eigenvalue weighted by atomic mass is 32.2. The molecule has 1 aromatic heterocycles. The van der Waals surface area contributed by atoms with E-state index in [0.29, 0.717) is 24.3 Å². The minimum Gasteiger partial charge on any atom is -0.473 e. The zero-order valence-corrected chi connectivity index (χ0v) is 25.3. The standard InChI is InChI=1S/C29H44N4O7S/c1-5-6-7-8-9-13-24(35)41-14-11-10-12-20-15-22(34)30-16-23-31-21(17-38-23)26-33-29(4,18-39-26)28(37)32-25(19(2)3)27(36)40-20/h10,12,17,19-20,25,27,36H,5-9,11,13-16,18H2,1-4H3,(H,30,34)(H,32,37)/b12-10+/t20-,25?,27?,29+/m1/s1. The van der Waals surface area contributed by atoms with Gasteiger partial charge in [0.1, 0.15) is 12.9 Å². The maximum absolute atomic E-state index is 13.2. The third kappa shape index (κ3) is 10.3. The van der Waals surface area contributed by atoms with E-state index in [1.165, 1.54) is 37.3 Å². The van der Waals surface area contributed by atoms with Crippen LogP contribution in [0.25, 0.3) is 0 Å².